The quantitative estimate of drug-likeness (QED) is 0.671. The molecule has 0 atom stereocenters. The molecule has 0 aliphatic rings. The average Bonchev–Trinajstić information content (AvgIpc) is 2.37. The highest BCUT2D eigenvalue weighted by molar-refractivity contribution is 6.21. The number of hydrogen-bond donors (Lipinski definition) is 0. The van der Waals surface area contributed by atoms with Crippen molar-refractivity contribution < 1.29 is 17.9 Å². The van der Waals surface area contributed by atoms with Crippen LogP contribution in [0.1, 0.15) is 18.9 Å². The molecule has 0 saturated heterocycles. The van der Waals surface area contributed by atoms with Gasteiger partial charge in [0.05, 0.1) is 0 Å². The van der Waals surface area contributed by atoms with Crippen LogP contribution < -0.4 is 4.74 Å². The van der Waals surface area contributed by atoms with Crippen LogP contribution in [0.4, 0.5) is 13.2 Å². The third kappa shape index (κ3) is 5.11. The Bertz CT molecular complexity index is 378. The Labute approximate surface area is 120 Å². The molecule has 0 aromatic heterocycles. The van der Waals surface area contributed by atoms with Crippen LogP contribution in [0.2, 0.25) is 0 Å². The molecule has 0 spiro atoms. The monoisotopic (exact) mass is 314 g/mol. The van der Waals surface area contributed by atoms with Crippen molar-refractivity contribution in [3.05, 3.63) is 29.8 Å². The molecule has 1 aromatic carbocycles. The minimum atomic E-state index is -4.67. The predicted molar refractivity (Wildman–Crippen MR) is 71.0 cm³/mol. The summed E-state index contributed by atoms with van der Waals surface area (Å²) in [4.78, 5) is 0. The lowest BCUT2D eigenvalue weighted by Crippen LogP contribution is -2.27. The zero-order chi connectivity index (χ0) is 14.5. The summed E-state index contributed by atoms with van der Waals surface area (Å²) in [6.45, 7) is 1.99. The maximum atomic E-state index is 12.0. The van der Waals surface area contributed by atoms with E-state index in [4.69, 9.17) is 23.2 Å². The minimum Gasteiger partial charge on any atom is -0.406 e. The summed E-state index contributed by atoms with van der Waals surface area (Å²) in [5, 5.41) is 0. The van der Waals surface area contributed by atoms with Crippen molar-refractivity contribution in [2.75, 3.05) is 11.8 Å². The molecule has 1 aromatic rings. The second-order valence-corrected chi connectivity index (χ2v) is 5.02. The van der Waals surface area contributed by atoms with E-state index >= 15 is 0 Å². The first-order valence-corrected chi connectivity index (χ1v) is 6.88. The molecule has 0 N–H and O–H groups in total. The third-order valence-corrected chi connectivity index (χ3v) is 4.19. The fourth-order valence-electron chi connectivity index (χ4n) is 1.69. The van der Waals surface area contributed by atoms with Gasteiger partial charge in [-0.2, -0.15) is 0 Å². The Morgan fingerprint density at radius 3 is 1.95 bits per heavy atom. The fourth-order valence-corrected chi connectivity index (χ4v) is 2.54. The van der Waals surface area contributed by atoms with Crippen LogP contribution in [0, 0.1) is 5.41 Å². The molecule has 108 valence electrons. The smallest absolute Gasteiger partial charge is 0.406 e. The van der Waals surface area contributed by atoms with E-state index in [9.17, 15) is 13.2 Å². The highest BCUT2D eigenvalue weighted by Crippen LogP contribution is 2.31. The predicted octanol–water partition coefficient (Wildman–Crippen LogP) is 5.00. The maximum Gasteiger partial charge on any atom is 0.573 e. The number of hydrogen-bond acceptors (Lipinski definition) is 1. The summed E-state index contributed by atoms with van der Waals surface area (Å²) in [5.41, 5.74) is 0.660. The highest BCUT2D eigenvalue weighted by Gasteiger charge is 2.31. The Hall–Kier alpha value is -0.610. The second-order valence-electron chi connectivity index (χ2n) is 4.49. The van der Waals surface area contributed by atoms with Crippen molar-refractivity contribution >= 4 is 23.2 Å². The average molecular weight is 315 g/mol. The van der Waals surface area contributed by atoms with Crippen molar-refractivity contribution in [3.63, 3.8) is 0 Å². The van der Waals surface area contributed by atoms with Crippen LogP contribution in [-0.4, -0.2) is 18.1 Å². The van der Waals surface area contributed by atoms with E-state index in [1.54, 1.807) is 12.1 Å². The molecule has 0 unspecified atom stereocenters. The molecular weight excluding hydrogens is 300 g/mol. The van der Waals surface area contributed by atoms with Gasteiger partial charge in [0.25, 0.3) is 0 Å². The van der Waals surface area contributed by atoms with Crippen LogP contribution in [0.15, 0.2) is 24.3 Å². The lowest BCUT2D eigenvalue weighted by atomic mass is 9.83. The molecule has 0 heterocycles. The molecule has 6 heteroatoms. The summed E-state index contributed by atoms with van der Waals surface area (Å²) in [6.07, 6.45) is -3.23. The lowest BCUT2D eigenvalue weighted by Gasteiger charge is -2.28. The summed E-state index contributed by atoms with van der Waals surface area (Å²) in [6, 6.07) is 5.80. The largest absolute Gasteiger partial charge is 0.573 e. The Morgan fingerprint density at radius 1 is 1.05 bits per heavy atom. The van der Waals surface area contributed by atoms with Gasteiger partial charge in [0, 0.05) is 17.2 Å². The molecule has 0 saturated carbocycles. The third-order valence-electron chi connectivity index (χ3n) is 3.05. The van der Waals surface area contributed by atoms with Gasteiger partial charge in [0.15, 0.2) is 0 Å². The topological polar surface area (TPSA) is 9.23 Å². The van der Waals surface area contributed by atoms with Gasteiger partial charge < -0.3 is 4.74 Å². The lowest BCUT2D eigenvalue weighted by molar-refractivity contribution is -0.274. The van der Waals surface area contributed by atoms with Crippen LogP contribution in [-0.2, 0) is 6.42 Å². The summed E-state index contributed by atoms with van der Waals surface area (Å²) in [5.74, 6) is 0.594. The second kappa shape index (κ2) is 6.71. The molecule has 1 rings (SSSR count). The Morgan fingerprint density at radius 2 is 1.58 bits per heavy atom. The van der Waals surface area contributed by atoms with Crippen LogP contribution in [0.25, 0.3) is 0 Å². The summed E-state index contributed by atoms with van der Waals surface area (Å²) < 4.78 is 39.9. The van der Waals surface area contributed by atoms with E-state index < -0.39 is 6.36 Å². The van der Waals surface area contributed by atoms with Crippen molar-refractivity contribution in [3.8, 4) is 5.75 Å². The molecule has 0 fully saturated rings. The van der Waals surface area contributed by atoms with Gasteiger partial charge in [0.2, 0.25) is 0 Å². The van der Waals surface area contributed by atoms with E-state index in [-0.39, 0.29) is 11.2 Å². The highest BCUT2D eigenvalue weighted by atomic mass is 35.5. The number of ether oxygens (including phenoxy) is 1. The van der Waals surface area contributed by atoms with E-state index in [1.165, 1.54) is 12.1 Å². The number of benzene rings is 1. The molecule has 1 nitrogen and oxygen atoms in total. The van der Waals surface area contributed by atoms with Crippen LogP contribution >= 0.6 is 23.2 Å². The van der Waals surface area contributed by atoms with Crippen LogP contribution in [0.5, 0.6) is 5.75 Å². The molecule has 0 amide bonds. The molecule has 19 heavy (non-hydrogen) atoms. The SMILES string of the molecule is CCC(CCl)(CCl)Cc1ccc(OC(F)(F)F)cc1. The van der Waals surface area contributed by atoms with Gasteiger partial charge in [-0.1, -0.05) is 19.1 Å². The molecule has 0 aliphatic heterocycles. The number of alkyl halides is 5. The van der Waals surface area contributed by atoms with E-state index in [1.807, 2.05) is 6.92 Å². The Kier molecular flexibility index (Phi) is 5.81. The molecular formula is C13H15Cl2F3O. The van der Waals surface area contributed by atoms with E-state index in [2.05, 4.69) is 4.74 Å². The molecule has 0 aliphatic carbocycles. The van der Waals surface area contributed by atoms with Crippen molar-refractivity contribution in [1.82, 2.24) is 0 Å². The Balaban J connectivity index is 2.76. The molecule has 0 radical (unpaired) electrons. The number of halogens is 5. The first kappa shape index (κ1) is 16.4. The maximum absolute atomic E-state index is 12.0. The van der Waals surface area contributed by atoms with Gasteiger partial charge in [-0.3, -0.25) is 0 Å². The van der Waals surface area contributed by atoms with E-state index in [0.29, 0.717) is 18.2 Å². The zero-order valence-corrected chi connectivity index (χ0v) is 11.9. The first-order chi connectivity index (χ1) is 8.84. The summed E-state index contributed by atoms with van der Waals surface area (Å²) >= 11 is 11.9. The van der Waals surface area contributed by atoms with E-state index in [0.717, 1.165) is 12.0 Å². The standard InChI is InChI=1S/C13H15Cl2F3O/c1-2-12(8-14,9-15)7-10-3-5-11(6-4-10)19-13(16,17)18/h3-6H,2,7-9H2,1H3. The summed E-state index contributed by atoms with van der Waals surface area (Å²) in [7, 11) is 0. The first-order valence-electron chi connectivity index (χ1n) is 5.81. The van der Waals surface area contributed by atoms with Gasteiger partial charge in [-0.05, 0) is 30.5 Å². The van der Waals surface area contributed by atoms with Crippen molar-refractivity contribution in [2.24, 2.45) is 5.41 Å². The van der Waals surface area contributed by atoms with Gasteiger partial charge in [-0.15, -0.1) is 36.4 Å². The number of rotatable bonds is 6. The van der Waals surface area contributed by atoms with Crippen molar-refractivity contribution in [2.45, 2.75) is 26.1 Å². The van der Waals surface area contributed by atoms with Gasteiger partial charge in [-0.25, -0.2) is 0 Å². The van der Waals surface area contributed by atoms with Crippen LogP contribution in [0.3, 0.4) is 0 Å². The normalized spacial score (nSPS) is 12.5. The minimum absolute atomic E-state index is 0.227. The van der Waals surface area contributed by atoms with Crippen molar-refractivity contribution in [1.29, 1.82) is 0 Å². The molecule has 0 bridgehead atoms. The fraction of sp³-hybridized carbons (Fsp3) is 0.538. The van der Waals surface area contributed by atoms with Gasteiger partial charge >= 0.3 is 6.36 Å². The van der Waals surface area contributed by atoms with Gasteiger partial charge in [0.1, 0.15) is 5.75 Å². The zero-order valence-electron chi connectivity index (χ0n) is 10.4.